The number of aromatic nitrogens is 5. The van der Waals surface area contributed by atoms with Crippen molar-refractivity contribution in [3.05, 3.63) is 65.4 Å². The molecular formula is C24H22ClN7O. The first-order valence-electron chi connectivity index (χ1n) is 10.4. The first kappa shape index (κ1) is 21.0. The van der Waals surface area contributed by atoms with Gasteiger partial charge in [-0.25, -0.2) is 14.6 Å². The highest BCUT2D eigenvalue weighted by Gasteiger charge is 2.29. The number of fused-ring (bicyclic) bond motifs is 2. The number of hydrogen-bond donors (Lipinski definition) is 2. The summed E-state index contributed by atoms with van der Waals surface area (Å²) in [4.78, 5) is 20.6. The normalized spacial score (nSPS) is 12.0. The summed E-state index contributed by atoms with van der Waals surface area (Å²) in [5, 5.41) is 6.78. The molecule has 166 valence electrons. The third kappa shape index (κ3) is 3.22. The van der Waals surface area contributed by atoms with Gasteiger partial charge in [0.15, 0.2) is 5.65 Å². The second-order valence-corrected chi connectivity index (χ2v) is 9.20. The van der Waals surface area contributed by atoms with Crippen LogP contribution in [0.2, 0.25) is 5.02 Å². The summed E-state index contributed by atoms with van der Waals surface area (Å²) in [6.45, 7) is 6.11. The van der Waals surface area contributed by atoms with Gasteiger partial charge < -0.3 is 16.0 Å². The highest BCUT2D eigenvalue weighted by molar-refractivity contribution is 6.39. The van der Waals surface area contributed by atoms with E-state index in [4.69, 9.17) is 28.2 Å². The van der Waals surface area contributed by atoms with E-state index < -0.39 is 5.91 Å². The van der Waals surface area contributed by atoms with E-state index >= 15 is 0 Å². The van der Waals surface area contributed by atoms with Crippen LogP contribution in [0.3, 0.4) is 0 Å². The van der Waals surface area contributed by atoms with Gasteiger partial charge in [-0.3, -0.25) is 4.79 Å². The van der Waals surface area contributed by atoms with Crippen LogP contribution in [-0.4, -0.2) is 30.2 Å². The van der Waals surface area contributed by atoms with Gasteiger partial charge in [0.25, 0.3) is 0 Å². The van der Waals surface area contributed by atoms with Crippen molar-refractivity contribution < 1.29 is 4.79 Å². The van der Waals surface area contributed by atoms with Crippen LogP contribution in [0.25, 0.3) is 39.0 Å². The fraction of sp³-hybridized carbons (Fsp3) is 0.167. The number of para-hydroxylation sites is 1. The van der Waals surface area contributed by atoms with Crippen molar-refractivity contribution in [2.45, 2.75) is 26.3 Å². The molecule has 0 aliphatic carbocycles. The van der Waals surface area contributed by atoms with Crippen molar-refractivity contribution in [2.24, 2.45) is 5.73 Å². The van der Waals surface area contributed by atoms with Gasteiger partial charge in [0.05, 0.1) is 27.2 Å². The molecule has 0 unspecified atom stereocenters. The lowest BCUT2D eigenvalue weighted by atomic mass is 10.1. The molecule has 0 saturated heterocycles. The zero-order chi connectivity index (χ0) is 23.5. The highest BCUT2D eigenvalue weighted by Crippen LogP contribution is 2.43. The maximum Gasteiger partial charge on any atom is 0.248 e. The molecule has 0 radical (unpaired) electrons. The van der Waals surface area contributed by atoms with Gasteiger partial charge >= 0.3 is 0 Å². The SMILES string of the molecule is CC(C)(C)n1nc(-c2c(Cl)c3ccc(C(N)=O)cc3n2-c2ccccc2)c2c(N)ncnc21. The number of carbonyl (C=O) groups excluding carboxylic acids is 1. The summed E-state index contributed by atoms with van der Waals surface area (Å²) >= 11 is 6.99. The fourth-order valence-electron chi connectivity index (χ4n) is 4.06. The number of amides is 1. The van der Waals surface area contributed by atoms with Crippen LogP contribution in [0, 0.1) is 0 Å². The Hall–Kier alpha value is -3.91. The molecule has 33 heavy (non-hydrogen) atoms. The summed E-state index contributed by atoms with van der Waals surface area (Å²) in [6, 6.07) is 14.9. The first-order chi connectivity index (χ1) is 15.7. The van der Waals surface area contributed by atoms with Crippen molar-refractivity contribution in [2.75, 3.05) is 5.73 Å². The Bertz CT molecular complexity index is 1540. The third-order valence-electron chi connectivity index (χ3n) is 5.56. The fourth-order valence-corrected chi connectivity index (χ4v) is 4.40. The van der Waals surface area contributed by atoms with E-state index in [9.17, 15) is 4.79 Å². The number of benzene rings is 2. The van der Waals surface area contributed by atoms with Gasteiger partial charge in [0.2, 0.25) is 5.91 Å². The molecule has 0 bridgehead atoms. The van der Waals surface area contributed by atoms with Crippen molar-refractivity contribution in [3.8, 4) is 17.1 Å². The largest absolute Gasteiger partial charge is 0.383 e. The molecular weight excluding hydrogens is 438 g/mol. The monoisotopic (exact) mass is 459 g/mol. The molecule has 5 aromatic rings. The van der Waals surface area contributed by atoms with E-state index in [-0.39, 0.29) is 5.54 Å². The number of nitrogens with zero attached hydrogens (tertiary/aromatic N) is 5. The Kier molecular flexibility index (Phi) is 4.65. The number of carbonyl (C=O) groups is 1. The molecule has 0 saturated carbocycles. The molecule has 3 heterocycles. The van der Waals surface area contributed by atoms with E-state index in [1.54, 1.807) is 18.2 Å². The predicted octanol–water partition coefficient (Wildman–Crippen LogP) is 4.53. The highest BCUT2D eigenvalue weighted by atomic mass is 35.5. The average Bonchev–Trinajstić information content (AvgIpc) is 3.30. The summed E-state index contributed by atoms with van der Waals surface area (Å²) < 4.78 is 3.79. The van der Waals surface area contributed by atoms with Crippen LogP contribution in [0.15, 0.2) is 54.9 Å². The van der Waals surface area contributed by atoms with Crippen molar-refractivity contribution in [3.63, 3.8) is 0 Å². The quantitative estimate of drug-likeness (QED) is 0.411. The number of nitrogens with two attached hydrogens (primary N) is 2. The van der Waals surface area contributed by atoms with Gasteiger partial charge in [-0.15, -0.1) is 0 Å². The summed E-state index contributed by atoms with van der Waals surface area (Å²) in [7, 11) is 0. The topological polar surface area (TPSA) is 118 Å². The first-order valence-corrected chi connectivity index (χ1v) is 10.8. The number of hydrogen-bond acceptors (Lipinski definition) is 5. The lowest BCUT2D eigenvalue weighted by Crippen LogP contribution is -2.23. The molecule has 0 fully saturated rings. The lowest BCUT2D eigenvalue weighted by Gasteiger charge is -2.19. The van der Waals surface area contributed by atoms with Crippen LogP contribution in [0.1, 0.15) is 31.1 Å². The molecule has 5 rings (SSSR count). The molecule has 0 aliphatic heterocycles. The molecule has 0 aliphatic rings. The van der Waals surface area contributed by atoms with Crippen molar-refractivity contribution in [1.82, 2.24) is 24.3 Å². The van der Waals surface area contributed by atoms with Crippen LogP contribution in [-0.2, 0) is 5.54 Å². The van der Waals surface area contributed by atoms with E-state index in [0.29, 0.717) is 38.8 Å². The number of anilines is 1. The zero-order valence-corrected chi connectivity index (χ0v) is 19.1. The Labute approximate surface area is 194 Å². The van der Waals surface area contributed by atoms with E-state index in [1.165, 1.54) is 6.33 Å². The number of rotatable bonds is 3. The number of nitrogen functional groups attached to an aromatic ring is 1. The standard InChI is InChI=1S/C24H22ClN7O/c1-24(2,3)32-23-17(21(26)28-12-29-23)19(30-32)20-18(25)15-10-9-13(22(27)33)11-16(15)31(20)14-7-5-4-6-8-14/h4-12H,1-3H3,(H2,27,33)(H2,26,28,29). The van der Waals surface area contributed by atoms with Gasteiger partial charge in [0.1, 0.15) is 17.8 Å². The minimum Gasteiger partial charge on any atom is -0.383 e. The van der Waals surface area contributed by atoms with E-state index in [0.717, 1.165) is 16.6 Å². The smallest absolute Gasteiger partial charge is 0.248 e. The lowest BCUT2D eigenvalue weighted by molar-refractivity contribution is 0.100. The van der Waals surface area contributed by atoms with Gasteiger partial charge in [0, 0.05) is 16.6 Å². The van der Waals surface area contributed by atoms with E-state index in [1.807, 2.05) is 60.4 Å². The average molecular weight is 460 g/mol. The molecule has 4 N–H and O–H groups in total. The Morgan fingerprint density at radius 1 is 1.06 bits per heavy atom. The van der Waals surface area contributed by atoms with Crippen LogP contribution >= 0.6 is 11.6 Å². The van der Waals surface area contributed by atoms with Crippen molar-refractivity contribution in [1.29, 1.82) is 0 Å². The van der Waals surface area contributed by atoms with Gasteiger partial charge in [-0.1, -0.05) is 35.9 Å². The molecule has 2 aromatic carbocycles. The predicted molar refractivity (Wildman–Crippen MR) is 131 cm³/mol. The number of halogens is 1. The third-order valence-corrected chi connectivity index (χ3v) is 5.94. The summed E-state index contributed by atoms with van der Waals surface area (Å²) in [6.07, 6.45) is 1.43. The molecule has 3 aromatic heterocycles. The van der Waals surface area contributed by atoms with Crippen LogP contribution in [0.5, 0.6) is 0 Å². The maximum atomic E-state index is 11.9. The Morgan fingerprint density at radius 3 is 2.45 bits per heavy atom. The van der Waals surface area contributed by atoms with Crippen LogP contribution < -0.4 is 11.5 Å². The second kappa shape index (κ2) is 7.31. The molecule has 0 spiro atoms. The summed E-state index contributed by atoms with van der Waals surface area (Å²) in [5.41, 5.74) is 15.3. The number of primary amides is 1. The van der Waals surface area contributed by atoms with Gasteiger partial charge in [-0.2, -0.15) is 5.10 Å². The van der Waals surface area contributed by atoms with E-state index in [2.05, 4.69) is 9.97 Å². The Morgan fingerprint density at radius 2 is 1.79 bits per heavy atom. The minimum atomic E-state index is -0.518. The molecule has 0 atom stereocenters. The van der Waals surface area contributed by atoms with Crippen molar-refractivity contribution >= 4 is 45.3 Å². The van der Waals surface area contributed by atoms with Crippen LogP contribution in [0.4, 0.5) is 5.82 Å². The Balaban J connectivity index is 1.97. The minimum absolute atomic E-state index is 0.309. The zero-order valence-electron chi connectivity index (χ0n) is 18.4. The second-order valence-electron chi connectivity index (χ2n) is 8.82. The maximum absolute atomic E-state index is 11.9. The van der Waals surface area contributed by atoms with Gasteiger partial charge in [-0.05, 0) is 45.0 Å². The summed E-state index contributed by atoms with van der Waals surface area (Å²) in [5.74, 6) is -0.209. The molecule has 9 heteroatoms. The molecule has 8 nitrogen and oxygen atoms in total. The molecule has 1 amide bonds.